The zero-order chi connectivity index (χ0) is 22.7. The quantitative estimate of drug-likeness (QED) is 0.621. The lowest BCUT2D eigenvalue weighted by Gasteiger charge is -2.25. The number of benzene rings is 1. The SMILES string of the molecule is CC(C)(C)NC(=O)CN1CCCN(Cc2nc3scc(-c4ccccc4)c3c(=O)[nH]2)CC1. The largest absolute Gasteiger partial charge is 0.350 e. The molecule has 32 heavy (non-hydrogen) atoms. The number of amides is 1. The number of fused-ring (bicyclic) bond motifs is 1. The first kappa shape index (κ1) is 22.6. The van der Waals surface area contributed by atoms with E-state index in [9.17, 15) is 9.59 Å². The number of rotatable bonds is 5. The summed E-state index contributed by atoms with van der Waals surface area (Å²) < 4.78 is 0. The number of nitrogens with one attached hydrogen (secondary N) is 2. The van der Waals surface area contributed by atoms with Gasteiger partial charge < -0.3 is 10.3 Å². The van der Waals surface area contributed by atoms with Gasteiger partial charge in [0.25, 0.3) is 5.56 Å². The lowest BCUT2D eigenvalue weighted by Crippen LogP contribution is -2.46. The first-order valence-corrected chi connectivity index (χ1v) is 12.0. The smallest absolute Gasteiger partial charge is 0.260 e. The van der Waals surface area contributed by atoms with E-state index in [2.05, 4.69) is 20.1 Å². The Labute approximate surface area is 192 Å². The lowest BCUT2D eigenvalue weighted by molar-refractivity contribution is -0.123. The van der Waals surface area contributed by atoms with E-state index in [1.165, 1.54) is 11.3 Å². The van der Waals surface area contributed by atoms with Crippen LogP contribution in [0.15, 0.2) is 40.5 Å². The Bertz CT molecular complexity index is 1130. The molecule has 7 nitrogen and oxygen atoms in total. The summed E-state index contributed by atoms with van der Waals surface area (Å²) in [4.78, 5) is 38.2. The molecular weight excluding hydrogens is 422 g/mol. The molecule has 0 atom stereocenters. The van der Waals surface area contributed by atoms with Gasteiger partial charge in [0, 0.05) is 29.6 Å². The highest BCUT2D eigenvalue weighted by atomic mass is 32.1. The van der Waals surface area contributed by atoms with Crippen LogP contribution in [-0.2, 0) is 11.3 Å². The Morgan fingerprint density at radius 3 is 2.59 bits per heavy atom. The zero-order valence-corrected chi connectivity index (χ0v) is 19.8. The van der Waals surface area contributed by atoms with Crippen molar-refractivity contribution in [3.05, 3.63) is 51.9 Å². The van der Waals surface area contributed by atoms with Gasteiger partial charge in [-0.2, -0.15) is 0 Å². The molecule has 2 aromatic heterocycles. The number of carbonyl (C=O) groups excluding carboxylic acids is 1. The molecule has 1 aliphatic rings. The van der Waals surface area contributed by atoms with Crippen LogP contribution in [0.2, 0.25) is 0 Å². The van der Waals surface area contributed by atoms with Gasteiger partial charge in [0.15, 0.2) is 0 Å². The highest BCUT2D eigenvalue weighted by Gasteiger charge is 2.21. The second-order valence-corrected chi connectivity index (χ2v) is 10.3. The number of thiophene rings is 1. The van der Waals surface area contributed by atoms with Crippen molar-refractivity contribution in [1.29, 1.82) is 0 Å². The van der Waals surface area contributed by atoms with Crippen LogP contribution in [0.25, 0.3) is 21.3 Å². The Balaban J connectivity index is 1.42. The Morgan fingerprint density at radius 1 is 1.12 bits per heavy atom. The molecule has 3 heterocycles. The fraction of sp³-hybridized carbons (Fsp3) is 0.458. The molecule has 8 heteroatoms. The van der Waals surface area contributed by atoms with Crippen molar-refractivity contribution in [2.45, 2.75) is 39.3 Å². The lowest BCUT2D eigenvalue weighted by atomic mass is 10.1. The van der Waals surface area contributed by atoms with Crippen LogP contribution < -0.4 is 10.9 Å². The summed E-state index contributed by atoms with van der Waals surface area (Å²) >= 11 is 1.51. The monoisotopic (exact) mass is 453 g/mol. The normalized spacial score (nSPS) is 16.2. The van der Waals surface area contributed by atoms with Crippen molar-refractivity contribution in [2.75, 3.05) is 32.7 Å². The maximum atomic E-state index is 12.9. The van der Waals surface area contributed by atoms with Crippen molar-refractivity contribution < 1.29 is 4.79 Å². The van der Waals surface area contributed by atoms with Crippen LogP contribution >= 0.6 is 11.3 Å². The standard InChI is InChI=1S/C24H31N5O2S/c1-24(2,3)27-20(30)15-29-11-7-10-28(12-13-29)14-19-25-22(31)21-18(16-32-23(21)26-19)17-8-5-4-6-9-17/h4-6,8-9,16H,7,10-15H2,1-3H3,(H,27,30)(H,25,26,31). The molecule has 0 unspecified atom stereocenters. The first-order valence-electron chi connectivity index (χ1n) is 11.1. The zero-order valence-electron chi connectivity index (χ0n) is 19.0. The summed E-state index contributed by atoms with van der Waals surface area (Å²) in [5, 5.41) is 5.71. The molecule has 0 bridgehead atoms. The Kier molecular flexibility index (Phi) is 6.74. The number of nitrogens with zero attached hydrogens (tertiary/aromatic N) is 3. The summed E-state index contributed by atoms with van der Waals surface area (Å²) in [5.74, 6) is 0.761. The predicted octanol–water partition coefficient (Wildman–Crippen LogP) is 3.07. The van der Waals surface area contributed by atoms with Crippen LogP contribution in [0, 0.1) is 0 Å². The van der Waals surface area contributed by atoms with Crippen molar-refractivity contribution in [3.8, 4) is 11.1 Å². The van der Waals surface area contributed by atoms with Crippen LogP contribution in [0.1, 0.15) is 33.0 Å². The van der Waals surface area contributed by atoms with Crippen LogP contribution in [0.3, 0.4) is 0 Å². The number of hydrogen-bond acceptors (Lipinski definition) is 6. The van der Waals surface area contributed by atoms with E-state index >= 15 is 0 Å². The van der Waals surface area contributed by atoms with Crippen LogP contribution in [-0.4, -0.2) is 63.9 Å². The molecule has 0 aliphatic carbocycles. The molecular formula is C24H31N5O2S. The number of carbonyl (C=O) groups is 1. The van der Waals surface area contributed by atoms with Gasteiger partial charge in [-0.3, -0.25) is 19.4 Å². The molecule has 0 spiro atoms. The average molecular weight is 454 g/mol. The van der Waals surface area contributed by atoms with Crippen LogP contribution in [0.4, 0.5) is 0 Å². The topological polar surface area (TPSA) is 81.3 Å². The summed E-state index contributed by atoms with van der Waals surface area (Å²) in [6, 6.07) is 9.95. The van der Waals surface area contributed by atoms with E-state index in [0.717, 1.165) is 48.6 Å². The molecule has 1 aromatic carbocycles. The molecule has 1 amide bonds. The molecule has 2 N–H and O–H groups in total. The molecule has 1 aliphatic heterocycles. The minimum atomic E-state index is -0.215. The van der Waals surface area contributed by atoms with Crippen molar-refractivity contribution in [2.24, 2.45) is 0 Å². The van der Waals surface area contributed by atoms with Gasteiger partial charge in [0.1, 0.15) is 10.7 Å². The van der Waals surface area contributed by atoms with Gasteiger partial charge in [0.05, 0.1) is 18.5 Å². The third kappa shape index (κ3) is 5.62. The minimum absolute atomic E-state index is 0.0642. The maximum Gasteiger partial charge on any atom is 0.260 e. The van der Waals surface area contributed by atoms with Gasteiger partial charge in [-0.1, -0.05) is 30.3 Å². The molecule has 0 saturated carbocycles. The van der Waals surface area contributed by atoms with E-state index in [0.29, 0.717) is 24.3 Å². The highest BCUT2D eigenvalue weighted by molar-refractivity contribution is 7.17. The van der Waals surface area contributed by atoms with Crippen molar-refractivity contribution in [3.63, 3.8) is 0 Å². The van der Waals surface area contributed by atoms with Gasteiger partial charge in [-0.25, -0.2) is 4.98 Å². The van der Waals surface area contributed by atoms with E-state index < -0.39 is 0 Å². The summed E-state index contributed by atoms with van der Waals surface area (Å²) in [7, 11) is 0. The predicted molar refractivity (Wildman–Crippen MR) is 130 cm³/mol. The third-order valence-electron chi connectivity index (χ3n) is 5.51. The molecule has 0 radical (unpaired) electrons. The number of aromatic amines is 1. The summed E-state index contributed by atoms with van der Waals surface area (Å²) in [6.45, 7) is 10.5. The van der Waals surface area contributed by atoms with E-state index in [4.69, 9.17) is 4.98 Å². The van der Waals surface area contributed by atoms with Crippen molar-refractivity contribution >= 4 is 27.5 Å². The van der Waals surface area contributed by atoms with Gasteiger partial charge in [-0.15, -0.1) is 11.3 Å². The highest BCUT2D eigenvalue weighted by Crippen LogP contribution is 2.30. The Hall–Kier alpha value is -2.55. The average Bonchev–Trinajstić information content (AvgIpc) is 3.03. The van der Waals surface area contributed by atoms with Gasteiger partial charge >= 0.3 is 0 Å². The maximum absolute atomic E-state index is 12.9. The minimum Gasteiger partial charge on any atom is -0.350 e. The summed E-state index contributed by atoms with van der Waals surface area (Å²) in [6.07, 6.45) is 0.979. The summed E-state index contributed by atoms with van der Waals surface area (Å²) in [5.41, 5.74) is 1.67. The van der Waals surface area contributed by atoms with E-state index in [1.54, 1.807) is 0 Å². The second-order valence-electron chi connectivity index (χ2n) is 9.41. The number of H-pyrrole nitrogens is 1. The third-order valence-corrected chi connectivity index (χ3v) is 6.39. The number of hydrogen-bond donors (Lipinski definition) is 2. The molecule has 1 fully saturated rings. The first-order chi connectivity index (χ1) is 15.3. The van der Waals surface area contributed by atoms with Crippen LogP contribution in [0.5, 0.6) is 0 Å². The second kappa shape index (κ2) is 9.52. The van der Waals surface area contributed by atoms with Crippen molar-refractivity contribution in [1.82, 2.24) is 25.1 Å². The molecule has 1 saturated heterocycles. The Morgan fingerprint density at radius 2 is 1.84 bits per heavy atom. The fourth-order valence-electron chi connectivity index (χ4n) is 4.11. The van der Waals surface area contributed by atoms with Gasteiger partial charge in [-0.05, 0) is 45.8 Å². The fourth-order valence-corrected chi connectivity index (χ4v) is 5.08. The molecule has 3 aromatic rings. The van der Waals surface area contributed by atoms with E-state index in [-0.39, 0.29) is 17.0 Å². The number of aromatic nitrogens is 2. The van der Waals surface area contributed by atoms with E-state index in [1.807, 2.05) is 56.5 Å². The van der Waals surface area contributed by atoms with Gasteiger partial charge in [0.2, 0.25) is 5.91 Å². The molecule has 4 rings (SSSR count). The molecule has 170 valence electrons.